The Morgan fingerprint density at radius 2 is 1.90 bits per heavy atom. The fourth-order valence-electron chi connectivity index (χ4n) is 3.32. The molecule has 1 fully saturated rings. The van der Waals surface area contributed by atoms with Crippen LogP contribution in [0, 0.1) is 11.2 Å². The largest absolute Gasteiger partial charge is 0.389 e. The zero-order valence-electron chi connectivity index (χ0n) is 13.0. The molecule has 1 aliphatic rings. The number of nitrogens with zero attached hydrogens (tertiary/aromatic N) is 1. The number of hydrogen-bond acceptors (Lipinski definition) is 2. The van der Waals surface area contributed by atoms with Crippen molar-refractivity contribution in [3.05, 3.63) is 35.1 Å². The number of nitrogens with two attached hydrogens (primary N) is 1. The minimum absolute atomic E-state index is 0.224. The average molecular weight is 308 g/mol. The van der Waals surface area contributed by atoms with Crippen LogP contribution in [0.25, 0.3) is 0 Å². The van der Waals surface area contributed by atoms with Gasteiger partial charge in [-0.3, -0.25) is 4.90 Å². The van der Waals surface area contributed by atoms with E-state index in [1.54, 1.807) is 12.1 Å². The molecule has 2 N–H and O–H groups in total. The lowest BCUT2D eigenvalue weighted by Crippen LogP contribution is -2.39. The summed E-state index contributed by atoms with van der Waals surface area (Å²) in [6, 6.07) is 4.68. The molecule has 0 unspecified atom stereocenters. The number of halogens is 1. The highest BCUT2D eigenvalue weighted by Gasteiger charge is 2.31. The van der Waals surface area contributed by atoms with Gasteiger partial charge in [0.05, 0.1) is 0 Å². The van der Waals surface area contributed by atoms with E-state index in [1.807, 2.05) is 0 Å². The molecule has 21 heavy (non-hydrogen) atoms. The molecule has 0 aliphatic carbocycles. The van der Waals surface area contributed by atoms with Gasteiger partial charge in [0.15, 0.2) is 0 Å². The first-order valence-electron chi connectivity index (χ1n) is 7.80. The number of likely N-dealkylation sites (tertiary alicyclic amines) is 1. The quantitative estimate of drug-likeness (QED) is 0.838. The molecular formula is C17H25FN2S. The van der Waals surface area contributed by atoms with Gasteiger partial charge in [0, 0.05) is 12.1 Å². The first-order valence-corrected chi connectivity index (χ1v) is 8.21. The molecule has 2 nitrogen and oxygen atoms in total. The Labute approximate surface area is 132 Å². The van der Waals surface area contributed by atoms with Crippen molar-refractivity contribution in [1.29, 1.82) is 0 Å². The van der Waals surface area contributed by atoms with Gasteiger partial charge >= 0.3 is 0 Å². The lowest BCUT2D eigenvalue weighted by atomic mass is 9.74. The van der Waals surface area contributed by atoms with Crippen molar-refractivity contribution in [1.82, 2.24) is 4.90 Å². The molecule has 0 saturated carbocycles. The molecule has 116 valence electrons. The van der Waals surface area contributed by atoms with Gasteiger partial charge in [-0.2, -0.15) is 0 Å². The van der Waals surface area contributed by atoms with Gasteiger partial charge < -0.3 is 5.73 Å². The topological polar surface area (TPSA) is 29.3 Å². The number of piperidine rings is 1. The molecule has 0 amide bonds. The molecule has 0 radical (unpaired) electrons. The second kappa shape index (κ2) is 6.84. The van der Waals surface area contributed by atoms with Crippen LogP contribution in [-0.4, -0.2) is 23.0 Å². The molecule has 0 spiro atoms. The molecule has 1 heterocycles. The van der Waals surface area contributed by atoms with Gasteiger partial charge in [0.1, 0.15) is 10.8 Å². The van der Waals surface area contributed by atoms with Crippen molar-refractivity contribution >= 4 is 17.2 Å². The van der Waals surface area contributed by atoms with Crippen molar-refractivity contribution < 1.29 is 4.39 Å². The zero-order chi connectivity index (χ0) is 15.5. The molecule has 1 aromatic carbocycles. The summed E-state index contributed by atoms with van der Waals surface area (Å²) in [7, 11) is 0. The van der Waals surface area contributed by atoms with E-state index in [2.05, 4.69) is 18.7 Å². The van der Waals surface area contributed by atoms with Crippen molar-refractivity contribution in [2.24, 2.45) is 11.1 Å². The number of rotatable bonds is 5. The number of benzene rings is 1. The second-order valence-electron chi connectivity index (χ2n) is 6.15. The number of thiocarbonyl (C=S) groups is 1. The predicted octanol–water partition coefficient (Wildman–Crippen LogP) is 3.86. The summed E-state index contributed by atoms with van der Waals surface area (Å²) in [6.45, 7) is 7.44. The zero-order valence-corrected chi connectivity index (χ0v) is 13.8. The van der Waals surface area contributed by atoms with Crippen LogP contribution in [0.1, 0.15) is 50.7 Å². The van der Waals surface area contributed by atoms with Crippen LogP contribution in [0.5, 0.6) is 0 Å². The van der Waals surface area contributed by atoms with E-state index in [9.17, 15) is 4.39 Å². The van der Waals surface area contributed by atoms with Gasteiger partial charge in [-0.1, -0.05) is 38.9 Å². The van der Waals surface area contributed by atoms with Gasteiger partial charge in [0.2, 0.25) is 0 Å². The maximum Gasteiger partial charge on any atom is 0.123 e. The summed E-state index contributed by atoms with van der Waals surface area (Å²) in [5, 5.41) is 0. The summed E-state index contributed by atoms with van der Waals surface area (Å²) in [6.07, 6.45) is 4.93. The van der Waals surface area contributed by atoms with Gasteiger partial charge in [-0.25, -0.2) is 4.39 Å². The fourth-order valence-corrected chi connectivity index (χ4v) is 3.52. The first kappa shape index (κ1) is 16.4. The average Bonchev–Trinajstić information content (AvgIpc) is 2.48. The van der Waals surface area contributed by atoms with E-state index in [0.717, 1.165) is 30.8 Å². The Kier molecular flexibility index (Phi) is 5.33. The molecule has 1 saturated heterocycles. The highest BCUT2D eigenvalue weighted by atomic mass is 32.1. The highest BCUT2D eigenvalue weighted by Crippen LogP contribution is 2.38. The van der Waals surface area contributed by atoms with E-state index in [-0.39, 0.29) is 5.82 Å². The Hall–Kier alpha value is -1.00. The van der Waals surface area contributed by atoms with Crippen LogP contribution in [0.4, 0.5) is 4.39 Å². The van der Waals surface area contributed by atoms with Gasteiger partial charge in [-0.05, 0) is 55.1 Å². The lowest BCUT2D eigenvalue weighted by Gasteiger charge is -2.41. The molecule has 2 rings (SSSR count). The summed E-state index contributed by atoms with van der Waals surface area (Å²) in [4.78, 5) is 2.73. The first-order chi connectivity index (χ1) is 9.99. The lowest BCUT2D eigenvalue weighted by molar-refractivity contribution is 0.0908. The van der Waals surface area contributed by atoms with Crippen LogP contribution in [0.3, 0.4) is 0 Å². The van der Waals surface area contributed by atoms with Gasteiger partial charge in [-0.15, -0.1) is 0 Å². The molecule has 1 aromatic rings. The van der Waals surface area contributed by atoms with E-state index in [0.29, 0.717) is 10.4 Å². The standard InChI is InChI=1S/C17H25FN2S/c1-3-17(4-2)7-9-20(10-8-17)12-13-11-14(18)5-6-15(13)16(19)21/h5-6,11H,3-4,7-10,12H2,1-2H3,(H2,19,21). The minimum atomic E-state index is -0.224. The Balaban J connectivity index is 2.07. The molecule has 0 aromatic heterocycles. The SMILES string of the molecule is CCC1(CC)CCN(Cc2cc(F)ccc2C(N)=S)CC1. The highest BCUT2D eigenvalue weighted by molar-refractivity contribution is 7.80. The third-order valence-electron chi connectivity index (χ3n) is 5.14. The van der Waals surface area contributed by atoms with Crippen LogP contribution in [0.2, 0.25) is 0 Å². The summed E-state index contributed by atoms with van der Waals surface area (Å²) < 4.78 is 13.5. The van der Waals surface area contributed by atoms with Crippen molar-refractivity contribution in [2.75, 3.05) is 13.1 Å². The van der Waals surface area contributed by atoms with Crippen molar-refractivity contribution in [3.8, 4) is 0 Å². The molecule has 4 heteroatoms. The van der Waals surface area contributed by atoms with E-state index >= 15 is 0 Å². The monoisotopic (exact) mass is 308 g/mol. The van der Waals surface area contributed by atoms with Crippen LogP contribution in [0.15, 0.2) is 18.2 Å². The summed E-state index contributed by atoms with van der Waals surface area (Å²) in [5.74, 6) is -0.224. The Morgan fingerprint density at radius 3 is 2.43 bits per heavy atom. The maximum absolute atomic E-state index is 13.5. The molecular weight excluding hydrogens is 283 g/mol. The summed E-state index contributed by atoms with van der Waals surface area (Å²) >= 11 is 5.07. The Bertz CT molecular complexity index is 502. The van der Waals surface area contributed by atoms with Crippen LogP contribution < -0.4 is 5.73 Å². The summed E-state index contributed by atoms with van der Waals surface area (Å²) in [5.41, 5.74) is 7.96. The van der Waals surface area contributed by atoms with Crippen LogP contribution in [-0.2, 0) is 6.54 Å². The molecule has 0 atom stereocenters. The second-order valence-corrected chi connectivity index (χ2v) is 6.59. The van der Waals surface area contributed by atoms with Crippen molar-refractivity contribution in [3.63, 3.8) is 0 Å². The maximum atomic E-state index is 13.5. The van der Waals surface area contributed by atoms with E-state index in [1.165, 1.54) is 31.7 Å². The normalized spacial score (nSPS) is 18.6. The van der Waals surface area contributed by atoms with Crippen LogP contribution >= 0.6 is 12.2 Å². The third kappa shape index (κ3) is 3.80. The van der Waals surface area contributed by atoms with E-state index in [4.69, 9.17) is 18.0 Å². The third-order valence-corrected chi connectivity index (χ3v) is 5.36. The Morgan fingerprint density at radius 1 is 1.29 bits per heavy atom. The smallest absolute Gasteiger partial charge is 0.123 e. The predicted molar refractivity (Wildman–Crippen MR) is 89.8 cm³/mol. The van der Waals surface area contributed by atoms with Crippen molar-refractivity contribution in [2.45, 2.75) is 46.1 Å². The fraction of sp³-hybridized carbons (Fsp3) is 0.588. The molecule has 1 aliphatic heterocycles. The minimum Gasteiger partial charge on any atom is -0.389 e. The van der Waals surface area contributed by atoms with E-state index < -0.39 is 0 Å². The molecule has 0 bridgehead atoms. The number of hydrogen-bond donors (Lipinski definition) is 1. The van der Waals surface area contributed by atoms with Gasteiger partial charge in [0.25, 0.3) is 0 Å².